The molecule has 1 fully saturated rings. The van der Waals surface area contributed by atoms with E-state index in [4.69, 9.17) is 13.9 Å². The molecule has 32 heavy (non-hydrogen) atoms. The van der Waals surface area contributed by atoms with E-state index in [-0.39, 0.29) is 10.6 Å². The molecule has 0 N–H and O–H groups in total. The third kappa shape index (κ3) is 5.00. The van der Waals surface area contributed by atoms with Gasteiger partial charge < -0.3 is 18.8 Å². The molecule has 2 aromatic carbocycles. The molecule has 0 amide bonds. The molecule has 1 saturated heterocycles. The molecule has 0 aliphatic carbocycles. The van der Waals surface area contributed by atoms with E-state index in [0.29, 0.717) is 29.1 Å². The average Bonchev–Trinajstić information content (AvgIpc) is 2.82. The van der Waals surface area contributed by atoms with Crippen molar-refractivity contribution >= 4 is 22.3 Å². The summed E-state index contributed by atoms with van der Waals surface area (Å²) in [6, 6.07) is 13.4. The maximum absolute atomic E-state index is 11.5. The van der Waals surface area contributed by atoms with Crippen molar-refractivity contribution in [2.45, 2.75) is 6.42 Å². The number of hydrogen-bond acceptors (Lipinski definition) is 8. The molecule has 4 rings (SSSR count). The topological polar surface area (TPSA) is 98.3 Å². The number of methoxy groups -OCH3 is 1. The van der Waals surface area contributed by atoms with Gasteiger partial charge in [-0.25, -0.2) is 4.79 Å². The SMILES string of the molecule is COc1cc(=O)oc2ccc(OCCCN3CCN(c4ccc([N+](=O)[O-])cc4)CC3)cc12. The lowest BCUT2D eigenvalue weighted by Crippen LogP contribution is -2.46. The molecule has 0 bridgehead atoms. The molecule has 0 unspecified atom stereocenters. The highest BCUT2D eigenvalue weighted by Gasteiger charge is 2.17. The Kier molecular flexibility index (Phi) is 6.55. The Bertz CT molecular complexity index is 1140. The molecule has 1 aliphatic rings. The fraction of sp³-hybridized carbons (Fsp3) is 0.348. The predicted molar refractivity (Wildman–Crippen MR) is 121 cm³/mol. The molecule has 1 aliphatic heterocycles. The molecule has 0 spiro atoms. The van der Waals surface area contributed by atoms with Crippen molar-refractivity contribution in [2.24, 2.45) is 0 Å². The fourth-order valence-electron chi connectivity index (χ4n) is 3.86. The minimum atomic E-state index is -0.448. The number of nitro benzene ring substituents is 1. The van der Waals surface area contributed by atoms with Crippen LogP contribution in [0.3, 0.4) is 0 Å². The molecule has 0 radical (unpaired) electrons. The Balaban J connectivity index is 1.23. The quantitative estimate of drug-likeness (QED) is 0.228. The summed E-state index contributed by atoms with van der Waals surface area (Å²) < 4.78 is 16.3. The summed E-state index contributed by atoms with van der Waals surface area (Å²) in [5.41, 5.74) is 1.15. The highest BCUT2D eigenvalue weighted by molar-refractivity contribution is 5.84. The summed E-state index contributed by atoms with van der Waals surface area (Å²) in [6.45, 7) is 5.14. The van der Waals surface area contributed by atoms with Crippen LogP contribution in [0, 0.1) is 10.1 Å². The molecular weight excluding hydrogens is 414 g/mol. The summed E-state index contributed by atoms with van der Waals surface area (Å²) in [4.78, 5) is 26.6. The largest absolute Gasteiger partial charge is 0.496 e. The monoisotopic (exact) mass is 439 g/mol. The van der Waals surface area contributed by atoms with Gasteiger partial charge in [0.15, 0.2) is 0 Å². The van der Waals surface area contributed by atoms with Crippen molar-refractivity contribution in [3.63, 3.8) is 0 Å². The minimum Gasteiger partial charge on any atom is -0.496 e. The zero-order valence-corrected chi connectivity index (χ0v) is 17.9. The van der Waals surface area contributed by atoms with Gasteiger partial charge in [0, 0.05) is 50.5 Å². The lowest BCUT2D eigenvalue weighted by atomic mass is 10.2. The Morgan fingerprint density at radius 1 is 1.06 bits per heavy atom. The third-order valence-electron chi connectivity index (χ3n) is 5.58. The van der Waals surface area contributed by atoms with Gasteiger partial charge in [-0.15, -0.1) is 0 Å². The van der Waals surface area contributed by atoms with E-state index < -0.39 is 5.63 Å². The van der Waals surface area contributed by atoms with Gasteiger partial charge in [0.1, 0.15) is 17.1 Å². The van der Waals surface area contributed by atoms with Crippen molar-refractivity contribution in [2.75, 3.05) is 51.3 Å². The second-order valence-electron chi connectivity index (χ2n) is 7.60. The Hall–Kier alpha value is -3.59. The van der Waals surface area contributed by atoms with Crippen LogP contribution in [0.5, 0.6) is 11.5 Å². The van der Waals surface area contributed by atoms with Crippen LogP contribution < -0.4 is 20.0 Å². The van der Waals surface area contributed by atoms with Gasteiger partial charge in [0.25, 0.3) is 5.69 Å². The molecule has 1 aromatic heterocycles. The van der Waals surface area contributed by atoms with Crippen molar-refractivity contribution < 1.29 is 18.8 Å². The molecule has 168 valence electrons. The number of nitrogens with zero attached hydrogens (tertiary/aromatic N) is 3. The van der Waals surface area contributed by atoms with Crippen LogP contribution >= 0.6 is 0 Å². The number of fused-ring (bicyclic) bond motifs is 1. The van der Waals surface area contributed by atoms with E-state index >= 15 is 0 Å². The first kappa shape index (κ1) is 21.6. The van der Waals surface area contributed by atoms with E-state index in [0.717, 1.165) is 44.8 Å². The number of ether oxygens (including phenoxy) is 2. The number of anilines is 1. The van der Waals surface area contributed by atoms with Gasteiger partial charge in [0.05, 0.1) is 30.1 Å². The average molecular weight is 439 g/mol. The lowest BCUT2D eigenvalue weighted by molar-refractivity contribution is -0.384. The van der Waals surface area contributed by atoms with Gasteiger partial charge in [-0.3, -0.25) is 15.0 Å². The number of piperazine rings is 1. The summed E-state index contributed by atoms with van der Waals surface area (Å²) in [6.07, 6.45) is 0.885. The van der Waals surface area contributed by atoms with E-state index in [1.807, 2.05) is 18.2 Å². The van der Waals surface area contributed by atoms with Crippen LogP contribution in [-0.4, -0.2) is 56.3 Å². The van der Waals surface area contributed by atoms with Gasteiger partial charge in [-0.1, -0.05) is 0 Å². The van der Waals surface area contributed by atoms with Crippen LogP contribution in [0.25, 0.3) is 11.0 Å². The number of rotatable bonds is 8. The molecule has 0 atom stereocenters. The van der Waals surface area contributed by atoms with E-state index in [1.54, 1.807) is 24.3 Å². The number of non-ortho nitro benzene ring substituents is 1. The Morgan fingerprint density at radius 3 is 2.50 bits per heavy atom. The van der Waals surface area contributed by atoms with Crippen molar-refractivity contribution in [1.82, 2.24) is 4.90 Å². The van der Waals surface area contributed by atoms with E-state index in [9.17, 15) is 14.9 Å². The van der Waals surface area contributed by atoms with Crippen molar-refractivity contribution in [1.29, 1.82) is 0 Å². The minimum absolute atomic E-state index is 0.113. The van der Waals surface area contributed by atoms with Crippen LogP contribution in [0.2, 0.25) is 0 Å². The third-order valence-corrected chi connectivity index (χ3v) is 5.58. The summed E-state index contributed by atoms with van der Waals surface area (Å²) in [7, 11) is 1.52. The zero-order valence-electron chi connectivity index (χ0n) is 17.9. The number of nitro groups is 1. The highest BCUT2D eigenvalue weighted by atomic mass is 16.6. The molecule has 9 heteroatoms. The second-order valence-corrected chi connectivity index (χ2v) is 7.60. The first-order valence-corrected chi connectivity index (χ1v) is 10.5. The molecule has 0 saturated carbocycles. The van der Waals surface area contributed by atoms with Crippen LogP contribution in [0.4, 0.5) is 11.4 Å². The maximum atomic E-state index is 11.5. The molecule has 3 aromatic rings. The van der Waals surface area contributed by atoms with Gasteiger partial charge in [-0.2, -0.15) is 0 Å². The first-order valence-electron chi connectivity index (χ1n) is 10.5. The lowest BCUT2D eigenvalue weighted by Gasteiger charge is -2.36. The number of hydrogen-bond donors (Lipinski definition) is 0. The molecule has 2 heterocycles. The summed E-state index contributed by atoms with van der Waals surface area (Å²) in [5.74, 6) is 1.17. The first-order chi connectivity index (χ1) is 15.5. The van der Waals surface area contributed by atoms with E-state index in [1.165, 1.54) is 13.2 Å². The maximum Gasteiger partial charge on any atom is 0.339 e. The Morgan fingerprint density at radius 2 is 1.81 bits per heavy atom. The standard InChI is InChI=1S/C23H25N3O6/c1-30-22-16-23(27)32-21-8-7-19(15-20(21)22)31-14-2-9-24-10-12-25(13-11-24)17-3-5-18(6-4-17)26(28)29/h3-8,15-16H,2,9-14H2,1H3. The van der Waals surface area contributed by atoms with E-state index in [2.05, 4.69) is 9.80 Å². The predicted octanol–water partition coefficient (Wildman–Crippen LogP) is 3.30. The van der Waals surface area contributed by atoms with Crippen LogP contribution in [0.15, 0.2) is 57.7 Å². The molecule has 9 nitrogen and oxygen atoms in total. The molecular formula is C23H25N3O6. The fourth-order valence-corrected chi connectivity index (χ4v) is 3.86. The smallest absolute Gasteiger partial charge is 0.339 e. The summed E-state index contributed by atoms with van der Waals surface area (Å²) in [5, 5.41) is 11.5. The summed E-state index contributed by atoms with van der Waals surface area (Å²) >= 11 is 0. The van der Waals surface area contributed by atoms with Crippen molar-refractivity contribution in [3.8, 4) is 11.5 Å². The van der Waals surface area contributed by atoms with Crippen LogP contribution in [0.1, 0.15) is 6.42 Å². The van der Waals surface area contributed by atoms with Gasteiger partial charge in [-0.05, 0) is 36.8 Å². The van der Waals surface area contributed by atoms with Gasteiger partial charge in [0.2, 0.25) is 0 Å². The van der Waals surface area contributed by atoms with Gasteiger partial charge >= 0.3 is 5.63 Å². The van der Waals surface area contributed by atoms with Crippen molar-refractivity contribution in [3.05, 3.63) is 69.1 Å². The normalized spacial score (nSPS) is 14.5. The number of benzene rings is 2. The van der Waals surface area contributed by atoms with Crippen LogP contribution in [-0.2, 0) is 0 Å². The highest BCUT2D eigenvalue weighted by Crippen LogP contribution is 2.27. The zero-order chi connectivity index (χ0) is 22.5. The second kappa shape index (κ2) is 9.69. The Labute approximate surface area is 184 Å².